The van der Waals surface area contributed by atoms with Crippen LogP contribution in [0.25, 0.3) is 5.13 Å². The van der Waals surface area contributed by atoms with Crippen molar-refractivity contribution in [1.29, 1.82) is 0 Å². The molecule has 2 N–H and O–H groups in total. The van der Waals surface area contributed by atoms with Gasteiger partial charge in [-0.25, -0.2) is 14.8 Å². The van der Waals surface area contributed by atoms with E-state index >= 15 is 0 Å². The van der Waals surface area contributed by atoms with Crippen LogP contribution in [0.15, 0.2) is 0 Å². The summed E-state index contributed by atoms with van der Waals surface area (Å²) in [4.78, 5) is 22.0. The van der Waals surface area contributed by atoms with Crippen molar-refractivity contribution in [3.8, 4) is 5.13 Å². The van der Waals surface area contributed by atoms with Crippen molar-refractivity contribution in [2.45, 2.75) is 40.5 Å². The molecule has 0 aliphatic carbocycles. The molecule has 0 aromatic carbocycles. The molecule has 0 fully saturated rings. The first kappa shape index (κ1) is 15.5. The van der Waals surface area contributed by atoms with Gasteiger partial charge >= 0.3 is 5.97 Å². The van der Waals surface area contributed by atoms with Crippen LogP contribution in [-0.4, -0.2) is 27.1 Å². The lowest BCUT2D eigenvalue weighted by molar-refractivity contribution is 0.0521. The standard InChI is InChI=1S/C14H20N4O2S/c1-5-9-8(4)21-14(16-9)18-10(6-2)17-11(12(18)15)13(19)20-7-3/h5-7,15H2,1-4H3. The fourth-order valence-electron chi connectivity index (χ4n) is 2.12. The third-order valence-corrected chi connectivity index (χ3v) is 4.17. The summed E-state index contributed by atoms with van der Waals surface area (Å²) < 4.78 is 6.75. The molecule has 0 saturated heterocycles. The zero-order valence-electron chi connectivity index (χ0n) is 12.8. The molecular formula is C14H20N4O2S. The van der Waals surface area contributed by atoms with Crippen LogP contribution in [0.1, 0.15) is 47.7 Å². The van der Waals surface area contributed by atoms with Gasteiger partial charge in [-0.05, 0) is 20.3 Å². The normalized spacial score (nSPS) is 10.9. The fourth-order valence-corrected chi connectivity index (χ4v) is 3.15. The number of hydrogen-bond acceptors (Lipinski definition) is 6. The van der Waals surface area contributed by atoms with Gasteiger partial charge in [0.2, 0.25) is 0 Å². The maximum absolute atomic E-state index is 11.9. The Morgan fingerprint density at radius 1 is 1.29 bits per heavy atom. The lowest BCUT2D eigenvalue weighted by atomic mass is 10.3. The number of nitrogens with zero attached hydrogens (tertiary/aromatic N) is 3. The summed E-state index contributed by atoms with van der Waals surface area (Å²) in [7, 11) is 0. The second-order valence-electron chi connectivity index (χ2n) is 4.52. The minimum atomic E-state index is -0.493. The Kier molecular flexibility index (Phi) is 4.62. The van der Waals surface area contributed by atoms with Crippen molar-refractivity contribution < 1.29 is 9.53 Å². The lowest BCUT2D eigenvalue weighted by Gasteiger charge is -2.04. The molecule has 2 aromatic rings. The van der Waals surface area contributed by atoms with Gasteiger partial charge in [-0.15, -0.1) is 11.3 Å². The third-order valence-electron chi connectivity index (χ3n) is 3.18. The lowest BCUT2D eigenvalue weighted by Crippen LogP contribution is -2.09. The number of imidazole rings is 1. The highest BCUT2D eigenvalue weighted by Gasteiger charge is 2.23. The van der Waals surface area contributed by atoms with Gasteiger partial charge in [0.25, 0.3) is 0 Å². The van der Waals surface area contributed by atoms with E-state index in [9.17, 15) is 4.79 Å². The molecule has 0 spiro atoms. The van der Waals surface area contributed by atoms with Gasteiger partial charge in [0.15, 0.2) is 10.8 Å². The van der Waals surface area contributed by atoms with E-state index in [-0.39, 0.29) is 5.69 Å². The average Bonchev–Trinajstić information content (AvgIpc) is 2.98. The van der Waals surface area contributed by atoms with Crippen LogP contribution in [0, 0.1) is 6.92 Å². The molecule has 0 unspecified atom stereocenters. The molecule has 7 heteroatoms. The van der Waals surface area contributed by atoms with Crippen molar-refractivity contribution in [3.05, 3.63) is 22.1 Å². The number of hydrogen-bond donors (Lipinski definition) is 1. The number of carbonyl (C=O) groups is 1. The number of aromatic nitrogens is 3. The van der Waals surface area contributed by atoms with Gasteiger partial charge in [0.1, 0.15) is 11.6 Å². The van der Waals surface area contributed by atoms with E-state index in [2.05, 4.69) is 16.9 Å². The summed E-state index contributed by atoms with van der Waals surface area (Å²) in [5.74, 6) is 0.515. The van der Waals surface area contributed by atoms with E-state index < -0.39 is 5.97 Å². The number of nitrogens with two attached hydrogens (primary N) is 1. The summed E-state index contributed by atoms with van der Waals surface area (Å²) in [6.45, 7) is 8.11. The van der Waals surface area contributed by atoms with Crippen LogP contribution in [0.5, 0.6) is 0 Å². The predicted molar refractivity (Wildman–Crippen MR) is 83.1 cm³/mol. The maximum atomic E-state index is 11.9. The Balaban J connectivity index is 2.54. The minimum absolute atomic E-state index is 0.166. The van der Waals surface area contributed by atoms with Crippen LogP contribution in [0.4, 0.5) is 5.82 Å². The zero-order valence-corrected chi connectivity index (χ0v) is 13.6. The summed E-state index contributed by atoms with van der Waals surface area (Å²) >= 11 is 1.55. The quantitative estimate of drug-likeness (QED) is 0.858. The second kappa shape index (κ2) is 6.26. The Morgan fingerprint density at radius 3 is 2.52 bits per heavy atom. The van der Waals surface area contributed by atoms with Gasteiger partial charge in [-0.1, -0.05) is 13.8 Å². The Hall–Kier alpha value is -1.89. The number of esters is 1. The molecule has 2 rings (SSSR count). The molecule has 2 heterocycles. The summed E-state index contributed by atoms with van der Waals surface area (Å²) in [5.41, 5.74) is 7.32. The van der Waals surface area contributed by atoms with Crippen LogP contribution in [-0.2, 0) is 17.6 Å². The average molecular weight is 308 g/mol. The monoisotopic (exact) mass is 308 g/mol. The SMILES string of the molecule is CCOC(=O)c1nc(CC)n(-c2nc(CC)c(C)s2)c1N. The van der Waals surface area contributed by atoms with Crippen LogP contribution in [0.2, 0.25) is 0 Å². The Labute approximate surface area is 128 Å². The number of carbonyl (C=O) groups excluding carboxylic acids is 1. The predicted octanol–water partition coefficient (Wildman–Crippen LogP) is 2.52. The molecule has 0 radical (unpaired) electrons. The largest absolute Gasteiger partial charge is 0.461 e. The van der Waals surface area contributed by atoms with Crippen molar-refractivity contribution >= 4 is 23.1 Å². The van der Waals surface area contributed by atoms with E-state index in [1.165, 1.54) is 0 Å². The van der Waals surface area contributed by atoms with Gasteiger partial charge in [0, 0.05) is 11.3 Å². The highest BCUT2D eigenvalue weighted by Crippen LogP contribution is 2.27. The molecule has 6 nitrogen and oxygen atoms in total. The first-order valence-electron chi connectivity index (χ1n) is 7.04. The molecule has 0 saturated carbocycles. The fraction of sp³-hybridized carbons (Fsp3) is 0.500. The van der Waals surface area contributed by atoms with E-state index in [0.717, 1.165) is 22.1 Å². The highest BCUT2D eigenvalue weighted by atomic mass is 32.1. The molecule has 114 valence electrons. The summed E-state index contributed by atoms with van der Waals surface area (Å²) in [6, 6.07) is 0. The first-order valence-corrected chi connectivity index (χ1v) is 7.85. The van der Waals surface area contributed by atoms with Gasteiger partial charge in [-0.2, -0.15) is 0 Å². The van der Waals surface area contributed by atoms with Crippen molar-refractivity contribution in [3.63, 3.8) is 0 Å². The molecule has 2 aromatic heterocycles. The number of nitrogen functional groups attached to an aromatic ring is 1. The first-order chi connectivity index (χ1) is 10.0. The third kappa shape index (κ3) is 2.78. The number of thiazole rings is 1. The van der Waals surface area contributed by atoms with E-state index in [4.69, 9.17) is 10.5 Å². The van der Waals surface area contributed by atoms with Crippen LogP contribution >= 0.6 is 11.3 Å². The second-order valence-corrected chi connectivity index (χ2v) is 5.71. The number of rotatable bonds is 5. The smallest absolute Gasteiger partial charge is 0.360 e. The maximum Gasteiger partial charge on any atom is 0.360 e. The Morgan fingerprint density at radius 2 is 2.00 bits per heavy atom. The van der Waals surface area contributed by atoms with E-state index in [1.54, 1.807) is 22.8 Å². The van der Waals surface area contributed by atoms with Crippen molar-refractivity contribution in [1.82, 2.24) is 14.5 Å². The highest BCUT2D eigenvalue weighted by molar-refractivity contribution is 7.14. The van der Waals surface area contributed by atoms with Crippen molar-refractivity contribution in [2.24, 2.45) is 0 Å². The van der Waals surface area contributed by atoms with Crippen LogP contribution in [0.3, 0.4) is 0 Å². The zero-order chi connectivity index (χ0) is 15.6. The Bertz CT molecular complexity index is 660. The topological polar surface area (TPSA) is 83.0 Å². The van der Waals surface area contributed by atoms with Gasteiger partial charge < -0.3 is 10.5 Å². The number of aryl methyl sites for hydroxylation is 3. The molecule has 21 heavy (non-hydrogen) atoms. The molecule has 0 bridgehead atoms. The van der Waals surface area contributed by atoms with Gasteiger partial charge in [-0.3, -0.25) is 4.57 Å². The summed E-state index contributed by atoms with van der Waals surface area (Å²) in [5, 5.41) is 0.752. The number of ether oxygens (including phenoxy) is 1. The van der Waals surface area contributed by atoms with Crippen molar-refractivity contribution in [2.75, 3.05) is 12.3 Å². The van der Waals surface area contributed by atoms with Gasteiger partial charge in [0.05, 0.1) is 12.3 Å². The molecule has 0 aliphatic heterocycles. The molecule has 0 amide bonds. The minimum Gasteiger partial charge on any atom is -0.461 e. The summed E-state index contributed by atoms with van der Waals surface area (Å²) in [6.07, 6.45) is 1.52. The van der Waals surface area contributed by atoms with E-state index in [0.29, 0.717) is 24.7 Å². The molecular weight excluding hydrogens is 288 g/mol. The molecule has 0 atom stereocenters. The van der Waals surface area contributed by atoms with Crippen LogP contribution < -0.4 is 5.73 Å². The molecule has 0 aliphatic rings. The van der Waals surface area contributed by atoms with E-state index in [1.807, 2.05) is 13.8 Å². The number of anilines is 1.